The highest BCUT2D eigenvalue weighted by atomic mass is 16.6. The van der Waals surface area contributed by atoms with Crippen LogP contribution in [-0.4, -0.2) is 4.92 Å². The second-order valence-electron chi connectivity index (χ2n) is 5.77. The van der Waals surface area contributed by atoms with Gasteiger partial charge in [-0.1, -0.05) is 24.3 Å². The van der Waals surface area contributed by atoms with Crippen LogP contribution in [-0.2, 0) is 12.8 Å². The van der Waals surface area contributed by atoms with Crippen molar-refractivity contribution in [3.8, 4) is 11.5 Å². The first-order valence-corrected chi connectivity index (χ1v) is 7.68. The van der Waals surface area contributed by atoms with Gasteiger partial charge in [-0.3, -0.25) is 10.1 Å². The molecule has 4 rings (SSSR count). The van der Waals surface area contributed by atoms with Crippen LogP contribution in [0, 0.1) is 10.1 Å². The molecule has 0 aromatic heterocycles. The number of hydrogen-bond donors (Lipinski definition) is 0. The van der Waals surface area contributed by atoms with Crippen molar-refractivity contribution in [1.82, 2.24) is 0 Å². The molecule has 0 heterocycles. The fourth-order valence-electron chi connectivity index (χ4n) is 3.24. The third kappa shape index (κ3) is 2.42. The molecule has 3 aromatic rings. The van der Waals surface area contributed by atoms with Gasteiger partial charge in [0.05, 0.1) is 10.3 Å². The molecule has 0 fully saturated rings. The Hall–Kier alpha value is -2.88. The van der Waals surface area contributed by atoms with E-state index in [1.807, 2.05) is 18.2 Å². The van der Waals surface area contributed by atoms with Crippen LogP contribution in [0.3, 0.4) is 0 Å². The Kier molecular flexibility index (Phi) is 3.23. The molecular formula is C19H15NO3. The van der Waals surface area contributed by atoms with Crippen LogP contribution in [0.15, 0.2) is 54.6 Å². The number of hydrogen-bond acceptors (Lipinski definition) is 3. The fraction of sp³-hybridized carbons (Fsp3) is 0.158. The summed E-state index contributed by atoms with van der Waals surface area (Å²) in [6.45, 7) is 0. The van der Waals surface area contributed by atoms with Crippen molar-refractivity contribution in [2.75, 3.05) is 0 Å². The van der Waals surface area contributed by atoms with Gasteiger partial charge in [-0.2, -0.15) is 0 Å². The molecule has 3 aromatic carbocycles. The van der Waals surface area contributed by atoms with Gasteiger partial charge in [0.2, 0.25) is 0 Å². The van der Waals surface area contributed by atoms with Crippen molar-refractivity contribution in [2.45, 2.75) is 19.3 Å². The number of ether oxygens (including phenoxy) is 1. The van der Waals surface area contributed by atoms with Crippen molar-refractivity contribution in [1.29, 1.82) is 0 Å². The smallest absolute Gasteiger partial charge is 0.277 e. The topological polar surface area (TPSA) is 52.4 Å². The average molecular weight is 305 g/mol. The first-order chi connectivity index (χ1) is 11.2. The minimum absolute atomic E-state index is 0.0990. The molecule has 23 heavy (non-hydrogen) atoms. The zero-order chi connectivity index (χ0) is 15.8. The predicted octanol–water partition coefficient (Wildman–Crippen LogP) is 5.03. The third-order valence-corrected chi connectivity index (χ3v) is 4.36. The highest BCUT2D eigenvalue weighted by Crippen LogP contribution is 2.36. The Bertz CT molecular complexity index is 918. The van der Waals surface area contributed by atoms with Crippen LogP contribution in [0.4, 0.5) is 5.69 Å². The number of benzene rings is 3. The summed E-state index contributed by atoms with van der Waals surface area (Å²) >= 11 is 0. The minimum atomic E-state index is -0.360. The molecule has 4 heteroatoms. The first kappa shape index (κ1) is 13.8. The van der Waals surface area contributed by atoms with Crippen LogP contribution < -0.4 is 4.74 Å². The van der Waals surface area contributed by atoms with Gasteiger partial charge in [0, 0.05) is 11.5 Å². The van der Waals surface area contributed by atoms with Gasteiger partial charge >= 0.3 is 0 Å². The summed E-state index contributed by atoms with van der Waals surface area (Å²) in [4.78, 5) is 10.8. The van der Waals surface area contributed by atoms with E-state index in [0.717, 1.165) is 24.0 Å². The van der Waals surface area contributed by atoms with Crippen LogP contribution in [0.1, 0.15) is 17.5 Å². The lowest BCUT2D eigenvalue weighted by atomic mass is 10.1. The van der Waals surface area contributed by atoms with Crippen molar-refractivity contribution in [3.63, 3.8) is 0 Å². The Morgan fingerprint density at radius 1 is 0.913 bits per heavy atom. The maximum absolute atomic E-state index is 11.2. The second kappa shape index (κ2) is 5.39. The van der Waals surface area contributed by atoms with E-state index in [0.29, 0.717) is 11.1 Å². The summed E-state index contributed by atoms with van der Waals surface area (Å²) in [6.07, 6.45) is 3.42. The van der Waals surface area contributed by atoms with E-state index in [1.165, 1.54) is 23.6 Å². The van der Waals surface area contributed by atoms with Crippen molar-refractivity contribution < 1.29 is 9.66 Å². The Morgan fingerprint density at radius 2 is 1.70 bits per heavy atom. The summed E-state index contributed by atoms with van der Waals surface area (Å²) in [5, 5.41) is 12.5. The molecule has 0 saturated heterocycles. The number of fused-ring (bicyclic) bond motifs is 2. The lowest BCUT2D eigenvalue weighted by Crippen LogP contribution is -1.92. The monoisotopic (exact) mass is 305 g/mol. The fourth-order valence-corrected chi connectivity index (χ4v) is 3.24. The molecule has 0 bridgehead atoms. The Labute approximate surface area is 133 Å². The summed E-state index contributed by atoms with van der Waals surface area (Å²) < 4.78 is 6.03. The number of rotatable bonds is 3. The van der Waals surface area contributed by atoms with Gasteiger partial charge < -0.3 is 4.74 Å². The van der Waals surface area contributed by atoms with E-state index in [-0.39, 0.29) is 10.6 Å². The zero-order valence-corrected chi connectivity index (χ0v) is 12.5. The number of aryl methyl sites for hydroxylation is 2. The maximum atomic E-state index is 11.2. The van der Waals surface area contributed by atoms with Gasteiger partial charge in [0.25, 0.3) is 5.69 Å². The molecule has 114 valence electrons. The van der Waals surface area contributed by atoms with Gasteiger partial charge in [-0.05, 0) is 54.7 Å². The molecule has 0 spiro atoms. The molecule has 1 aliphatic rings. The largest absolute Gasteiger partial charge is 0.457 e. The van der Waals surface area contributed by atoms with E-state index >= 15 is 0 Å². The molecule has 0 atom stereocenters. The van der Waals surface area contributed by atoms with Gasteiger partial charge in [0.1, 0.15) is 11.5 Å². The Balaban J connectivity index is 1.78. The van der Waals surface area contributed by atoms with Crippen molar-refractivity contribution in [2.24, 2.45) is 0 Å². The van der Waals surface area contributed by atoms with E-state index in [4.69, 9.17) is 4.74 Å². The highest BCUT2D eigenvalue weighted by molar-refractivity contribution is 5.95. The molecule has 0 unspecified atom stereocenters. The SMILES string of the molecule is O=[N+]([O-])c1ccc(Oc2ccc3c(c2)CCC3)c2ccccc12. The van der Waals surface area contributed by atoms with Crippen LogP contribution in [0.2, 0.25) is 0 Å². The summed E-state index contributed by atoms with van der Waals surface area (Å²) in [6, 6.07) is 16.6. The first-order valence-electron chi connectivity index (χ1n) is 7.68. The second-order valence-corrected chi connectivity index (χ2v) is 5.77. The summed E-state index contributed by atoms with van der Waals surface area (Å²) in [5.41, 5.74) is 2.83. The summed E-state index contributed by atoms with van der Waals surface area (Å²) in [7, 11) is 0. The van der Waals surface area contributed by atoms with E-state index in [2.05, 4.69) is 12.1 Å². The summed E-state index contributed by atoms with van der Waals surface area (Å²) in [5.74, 6) is 1.42. The maximum Gasteiger partial charge on any atom is 0.277 e. The molecule has 1 aliphatic carbocycles. The lowest BCUT2D eigenvalue weighted by Gasteiger charge is -2.10. The molecular weight excluding hydrogens is 290 g/mol. The van der Waals surface area contributed by atoms with E-state index in [1.54, 1.807) is 18.2 Å². The lowest BCUT2D eigenvalue weighted by molar-refractivity contribution is -0.383. The number of nitro groups is 1. The average Bonchev–Trinajstić information content (AvgIpc) is 3.02. The van der Waals surface area contributed by atoms with Crippen LogP contribution >= 0.6 is 0 Å². The molecule has 0 amide bonds. The normalized spacial score (nSPS) is 13.0. The van der Waals surface area contributed by atoms with Crippen LogP contribution in [0.5, 0.6) is 11.5 Å². The number of nitrogens with zero attached hydrogens (tertiary/aromatic N) is 1. The third-order valence-electron chi connectivity index (χ3n) is 4.36. The molecule has 0 radical (unpaired) electrons. The Morgan fingerprint density at radius 3 is 2.52 bits per heavy atom. The molecule has 0 N–H and O–H groups in total. The predicted molar refractivity (Wildman–Crippen MR) is 89.1 cm³/mol. The molecule has 4 nitrogen and oxygen atoms in total. The van der Waals surface area contributed by atoms with Gasteiger partial charge in [0.15, 0.2) is 0 Å². The minimum Gasteiger partial charge on any atom is -0.457 e. The molecule has 0 aliphatic heterocycles. The van der Waals surface area contributed by atoms with Gasteiger partial charge in [-0.25, -0.2) is 0 Å². The number of non-ortho nitro benzene ring substituents is 1. The van der Waals surface area contributed by atoms with Crippen molar-refractivity contribution >= 4 is 16.5 Å². The van der Waals surface area contributed by atoms with Crippen LogP contribution in [0.25, 0.3) is 10.8 Å². The van der Waals surface area contributed by atoms with Gasteiger partial charge in [-0.15, -0.1) is 0 Å². The molecule has 0 saturated carbocycles. The number of nitro benzene ring substituents is 1. The quantitative estimate of drug-likeness (QED) is 0.504. The van der Waals surface area contributed by atoms with E-state index < -0.39 is 0 Å². The highest BCUT2D eigenvalue weighted by Gasteiger charge is 2.16. The zero-order valence-electron chi connectivity index (χ0n) is 12.5. The van der Waals surface area contributed by atoms with E-state index in [9.17, 15) is 10.1 Å². The van der Waals surface area contributed by atoms with Crippen molar-refractivity contribution in [3.05, 3.63) is 75.8 Å². The standard InChI is InChI=1S/C19H15NO3/c21-20(22)18-10-11-19(17-7-2-1-6-16(17)18)23-15-9-8-13-4-3-5-14(13)12-15/h1-2,6-12H,3-5H2.